The molecule has 2 heterocycles. The van der Waals surface area contributed by atoms with E-state index in [0.29, 0.717) is 25.2 Å². The molecule has 1 saturated heterocycles. The van der Waals surface area contributed by atoms with Crippen LogP contribution in [-0.4, -0.2) is 80.9 Å². The van der Waals surface area contributed by atoms with Crippen LogP contribution in [0.3, 0.4) is 0 Å². The number of nitrogens with one attached hydrogen (secondary N) is 1. The first-order chi connectivity index (χ1) is 17.8. The van der Waals surface area contributed by atoms with Crippen LogP contribution in [0.25, 0.3) is 10.2 Å². The summed E-state index contributed by atoms with van der Waals surface area (Å²) in [5.74, 6) is -0.200. The van der Waals surface area contributed by atoms with Gasteiger partial charge in [0.1, 0.15) is 0 Å². The predicted octanol–water partition coefficient (Wildman–Crippen LogP) is 4.31. The highest BCUT2D eigenvalue weighted by atomic mass is 35.5. The molecule has 37 heavy (non-hydrogen) atoms. The van der Waals surface area contributed by atoms with Crippen molar-refractivity contribution in [3.63, 3.8) is 0 Å². The highest BCUT2D eigenvalue weighted by Gasteiger charge is 2.23. The number of fused-ring (bicyclic) bond motifs is 1. The molecule has 1 amide bonds. The molecule has 200 valence electrons. The van der Waals surface area contributed by atoms with Crippen molar-refractivity contribution in [2.75, 3.05) is 57.3 Å². The molecule has 2 aromatic carbocycles. The van der Waals surface area contributed by atoms with E-state index in [2.05, 4.69) is 15.1 Å². The number of piperazine rings is 1. The molecule has 0 aliphatic carbocycles. The van der Waals surface area contributed by atoms with Crippen LogP contribution in [0.4, 0.5) is 5.13 Å². The Hall–Kier alpha value is -2.24. The van der Waals surface area contributed by atoms with Gasteiger partial charge in [0.15, 0.2) is 5.13 Å². The normalized spacial score (nSPS) is 15.0. The number of hydrogen-bond acceptors (Lipinski definition) is 7. The van der Waals surface area contributed by atoms with E-state index in [1.165, 1.54) is 16.4 Å². The first-order valence-corrected chi connectivity index (χ1v) is 15.4. The molecule has 3 aromatic rings. The van der Waals surface area contributed by atoms with Crippen molar-refractivity contribution >= 4 is 54.2 Å². The maximum atomic E-state index is 12.9. The van der Waals surface area contributed by atoms with Crippen LogP contribution in [0.1, 0.15) is 37.0 Å². The van der Waals surface area contributed by atoms with E-state index >= 15 is 0 Å². The van der Waals surface area contributed by atoms with Gasteiger partial charge in [-0.1, -0.05) is 43.2 Å². The van der Waals surface area contributed by atoms with E-state index in [-0.39, 0.29) is 10.8 Å². The molecule has 4 rings (SSSR count). The molecule has 1 N–H and O–H groups in total. The maximum absolute atomic E-state index is 12.9. The van der Waals surface area contributed by atoms with E-state index in [9.17, 15) is 13.2 Å². The van der Waals surface area contributed by atoms with Gasteiger partial charge in [0.2, 0.25) is 10.0 Å². The Balaban J connectivity index is 1.23. The van der Waals surface area contributed by atoms with Crippen molar-refractivity contribution in [3.8, 4) is 0 Å². The monoisotopic (exact) mass is 563 g/mol. The molecule has 8 nitrogen and oxygen atoms in total. The van der Waals surface area contributed by atoms with Crippen LogP contribution in [-0.2, 0) is 10.0 Å². The Morgan fingerprint density at radius 1 is 1.11 bits per heavy atom. The van der Waals surface area contributed by atoms with Crippen molar-refractivity contribution in [2.24, 2.45) is 0 Å². The molecule has 0 radical (unpaired) electrons. The lowest BCUT2D eigenvalue weighted by Crippen LogP contribution is -2.48. The average Bonchev–Trinajstić information content (AvgIpc) is 3.32. The van der Waals surface area contributed by atoms with E-state index in [1.807, 2.05) is 32.0 Å². The lowest BCUT2D eigenvalue weighted by Gasteiger charge is -2.34. The van der Waals surface area contributed by atoms with Crippen molar-refractivity contribution < 1.29 is 13.2 Å². The second-order valence-corrected chi connectivity index (χ2v) is 12.5. The average molecular weight is 564 g/mol. The molecular weight excluding hydrogens is 530 g/mol. The summed E-state index contributed by atoms with van der Waals surface area (Å²) in [7, 11) is -3.55. The zero-order chi connectivity index (χ0) is 26.4. The number of rotatable bonds is 11. The number of aromatic nitrogens is 1. The summed E-state index contributed by atoms with van der Waals surface area (Å²) in [6, 6.07) is 12.0. The van der Waals surface area contributed by atoms with E-state index in [1.54, 1.807) is 23.5 Å². The fraction of sp³-hybridized carbons (Fsp3) is 0.462. The maximum Gasteiger partial charge on any atom is 0.251 e. The van der Waals surface area contributed by atoms with Gasteiger partial charge in [0.05, 0.1) is 15.1 Å². The molecule has 0 unspecified atom stereocenters. The van der Waals surface area contributed by atoms with Gasteiger partial charge in [-0.15, -0.1) is 0 Å². The van der Waals surface area contributed by atoms with Crippen LogP contribution >= 0.6 is 22.9 Å². The fourth-order valence-electron chi connectivity index (χ4n) is 4.32. The van der Waals surface area contributed by atoms with E-state index < -0.39 is 10.0 Å². The van der Waals surface area contributed by atoms with Gasteiger partial charge >= 0.3 is 0 Å². The Kier molecular flexibility index (Phi) is 9.41. The Morgan fingerprint density at radius 2 is 1.84 bits per heavy atom. The topological polar surface area (TPSA) is 85.8 Å². The summed E-state index contributed by atoms with van der Waals surface area (Å²) < 4.78 is 28.3. The van der Waals surface area contributed by atoms with Crippen molar-refractivity contribution in [1.29, 1.82) is 0 Å². The third kappa shape index (κ3) is 6.80. The zero-order valence-corrected chi connectivity index (χ0v) is 23.7. The molecular formula is C26H34ClN5O3S2. The Morgan fingerprint density at radius 3 is 2.51 bits per heavy atom. The van der Waals surface area contributed by atoms with Gasteiger partial charge in [-0.3, -0.25) is 9.69 Å². The third-order valence-corrected chi connectivity index (χ3v) is 9.87. The SMILES string of the molecule is CCCCN(CC)S(=O)(=O)c1ccc(C(=O)NCCN2CCN(c3nc4ccc(Cl)cc4s3)CC2)cc1. The van der Waals surface area contributed by atoms with Crippen molar-refractivity contribution in [3.05, 3.63) is 53.1 Å². The van der Waals surface area contributed by atoms with Crippen LogP contribution in [0, 0.1) is 0 Å². The van der Waals surface area contributed by atoms with E-state index in [0.717, 1.165) is 65.9 Å². The molecule has 1 fully saturated rings. The van der Waals surface area contributed by atoms with Crippen LogP contribution in [0.5, 0.6) is 0 Å². The number of carbonyl (C=O) groups excluding carboxylic acids is 1. The molecule has 1 aliphatic heterocycles. The predicted molar refractivity (Wildman–Crippen MR) is 151 cm³/mol. The second-order valence-electron chi connectivity index (χ2n) is 9.07. The summed E-state index contributed by atoms with van der Waals surface area (Å²) >= 11 is 7.76. The molecule has 11 heteroatoms. The van der Waals surface area contributed by atoms with E-state index in [4.69, 9.17) is 16.6 Å². The van der Waals surface area contributed by atoms with Crippen LogP contribution in [0.2, 0.25) is 5.02 Å². The summed E-state index contributed by atoms with van der Waals surface area (Å²) in [6.45, 7) is 9.63. The Bertz CT molecular complexity index is 1310. The first-order valence-electron chi connectivity index (χ1n) is 12.7. The number of hydrogen-bond donors (Lipinski definition) is 1. The van der Waals surface area contributed by atoms with Crippen LogP contribution < -0.4 is 10.2 Å². The number of amides is 1. The van der Waals surface area contributed by atoms with Crippen LogP contribution in [0.15, 0.2) is 47.4 Å². The number of halogens is 1. The number of sulfonamides is 1. The van der Waals surface area contributed by atoms with Gasteiger partial charge in [-0.05, 0) is 48.9 Å². The van der Waals surface area contributed by atoms with Gasteiger partial charge in [-0.2, -0.15) is 4.31 Å². The smallest absolute Gasteiger partial charge is 0.251 e. The molecule has 0 saturated carbocycles. The summed E-state index contributed by atoms with van der Waals surface area (Å²) in [6.07, 6.45) is 1.75. The lowest BCUT2D eigenvalue weighted by atomic mass is 10.2. The largest absolute Gasteiger partial charge is 0.351 e. The minimum Gasteiger partial charge on any atom is -0.351 e. The lowest BCUT2D eigenvalue weighted by molar-refractivity contribution is 0.0947. The number of anilines is 1. The number of carbonyl (C=O) groups is 1. The molecule has 0 atom stereocenters. The quantitative estimate of drug-likeness (QED) is 0.374. The first kappa shape index (κ1) is 27.8. The zero-order valence-electron chi connectivity index (χ0n) is 21.3. The second kappa shape index (κ2) is 12.5. The number of thiazole rings is 1. The molecule has 1 aromatic heterocycles. The molecule has 0 spiro atoms. The highest BCUT2D eigenvalue weighted by molar-refractivity contribution is 7.89. The van der Waals surface area contributed by atoms with Crippen molar-refractivity contribution in [2.45, 2.75) is 31.6 Å². The van der Waals surface area contributed by atoms with Crippen molar-refractivity contribution in [1.82, 2.24) is 19.5 Å². The van der Waals surface area contributed by atoms with Gasteiger partial charge in [0.25, 0.3) is 5.91 Å². The van der Waals surface area contributed by atoms with Gasteiger partial charge in [0, 0.05) is 62.9 Å². The standard InChI is InChI=1S/C26H34ClN5O3S2/c1-3-5-13-32(4-2)37(34,35)22-9-6-20(7-10-22)25(33)28-12-14-30-15-17-31(18-16-30)26-29-23-11-8-21(27)19-24(23)36-26/h6-11,19H,3-5,12-18H2,1-2H3,(H,28,33). The Labute approximate surface area is 228 Å². The summed E-state index contributed by atoms with van der Waals surface area (Å²) in [5.41, 5.74) is 1.43. The molecule has 0 bridgehead atoms. The summed E-state index contributed by atoms with van der Waals surface area (Å²) in [4.78, 5) is 22.2. The minimum absolute atomic E-state index is 0.200. The van der Waals surface area contributed by atoms with Gasteiger partial charge in [-0.25, -0.2) is 13.4 Å². The minimum atomic E-state index is -3.55. The fourth-order valence-corrected chi connectivity index (χ4v) is 7.10. The highest BCUT2D eigenvalue weighted by Crippen LogP contribution is 2.31. The summed E-state index contributed by atoms with van der Waals surface area (Å²) in [5, 5.41) is 4.70. The molecule has 1 aliphatic rings. The number of benzene rings is 2. The van der Waals surface area contributed by atoms with Gasteiger partial charge < -0.3 is 10.2 Å². The number of unbranched alkanes of at least 4 members (excludes halogenated alkanes) is 1. The number of nitrogens with zero attached hydrogens (tertiary/aromatic N) is 4. The third-order valence-electron chi connectivity index (χ3n) is 6.56.